The maximum Gasteiger partial charge on any atom is 0.222 e. The fourth-order valence-corrected chi connectivity index (χ4v) is 2.80. The number of rotatable bonds is 5. The van der Waals surface area contributed by atoms with Gasteiger partial charge in [-0.05, 0) is 31.0 Å². The Hall–Kier alpha value is -1.36. The molecule has 0 saturated carbocycles. The summed E-state index contributed by atoms with van der Waals surface area (Å²) in [7, 11) is 2.31. The van der Waals surface area contributed by atoms with Gasteiger partial charge in [-0.2, -0.15) is 0 Å². The molecule has 5 heteroatoms. The lowest BCUT2D eigenvalue weighted by Crippen LogP contribution is -2.21. The summed E-state index contributed by atoms with van der Waals surface area (Å²) >= 11 is 0. The highest BCUT2D eigenvalue weighted by Gasteiger charge is 2.10. The van der Waals surface area contributed by atoms with Crippen LogP contribution in [0.3, 0.4) is 0 Å². The predicted molar refractivity (Wildman–Crippen MR) is 74.8 cm³/mol. The van der Waals surface area contributed by atoms with Gasteiger partial charge < -0.3 is 10.6 Å². The molecule has 4 nitrogen and oxygen atoms in total. The molecule has 0 saturated heterocycles. The number of hydrogen-bond donors (Lipinski definition) is 1. The molecule has 1 aromatic rings. The lowest BCUT2D eigenvalue weighted by Gasteiger charge is -2.10. The van der Waals surface area contributed by atoms with Crippen molar-refractivity contribution in [3.63, 3.8) is 0 Å². The van der Waals surface area contributed by atoms with Crippen LogP contribution in [-0.4, -0.2) is 34.9 Å². The second-order valence-corrected chi connectivity index (χ2v) is 6.02. The van der Waals surface area contributed by atoms with Crippen molar-refractivity contribution in [3.05, 3.63) is 23.8 Å². The number of anilines is 1. The average molecular weight is 268 g/mol. The molecule has 1 unspecified atom stereocenters. The van der Waals surface area contributed by atoms with Gasteiger partial charge in [-0.3, -0.25) is 9.00 Å². The molecule has 18 heavy (non-hydrogen) atoms. The van der Waals surface area contributed by atoms with Crippen LogP contribution in [0.15, 0.2) is 23.1 Å². The molecule has 1 aromatic carbocycles. The Morgan fingerprint density at radius 2 is 2.06 bits per heavy atom. The van der Waals surface area contributed by atoms with E-state index in [4.69, 9.17) is 5.73 Å². The van der Waals surface area contributed by atoms with Crippen molar-refractivity contribution in [2.75, 3.05) is 25.6 Å². The molecule has 0 aliphatic heterocycles. The number of aryl methyl sites for hydroxylation is 1. The van der Waals surface area contributed by atoms with E-state index in [9.17, 15) is 9.00 Å². The quantitative estimate of drug-likeness (QED) is 0.824. The predicted octanol–water partition coefficient (Wildman–Crippen LogP) is 1.55. The van der Waals surface area contributed by atoms with Gasteiger partial charge in [-0.1, -0.05) is 6.07 Å². The van der Waals surface area contributed by atoms with E-state index in [2.05, 4.69) is 0 Å². The van der Waals surface area contributed by atoms with Gasteiger partial charge in [-0.15, -0.1) is 0 Å². The average Bonchev–Trinajstić information content (AvgIpc) is 2.31. The van der Waals surface area contributed by atoms with Gasteiger partial charge in [0.15, 0.2) is 0 Å². The molecule has 0 bridgehead atoms. The summed E-state index contributed by atoms with van der Waals surface area (Å²) in [5.41, 5.74) is 7.39. The minimum Gasteiger partial charge on any atom is -0.398 e. The van der Waals surface area contributed by atoms with Crippen molar-refractivity contribution < 1.29 is 9.00 Å². The lowest BCUT2D eigenvalue weighted by atomic mass is 10.2. The highest BCUT2D eigenvalue weighted by molar-refractivity contribution is 7.85. The minimum atomic E-state index is -1.13. The van der Waals surface area contributed by atoms with E-state index < -0.39 is 10.8 Å². The SMILES string of the molecule is Cc1ccc(N)c(S(=O)CCCC(=O)N(C)C)c1. The van der Waals surface area contributed by atoms with Crippen LogP contribution in [0.5, 0.6) is 0 Å². The summed E-state index contributed by atoms with van der Waals surface area (Å²) < 4.78 is 12.1. The van der Waals surface area contributed by atoms with Crippen molar-refractivity contribution in [2.45, 2.75) is 24.7 Å². The first-order valence-corrected chi connectivity index (χ1v) is 7.18. The zero-order valence-corrected chi connectivity index (χ0v) is 11.9. The molecule has 0 aliphatic rings. The van der Waals surface area contributed by atoms with Gasteiger partial charge in [0.25, 0.3) is 0 Å². The molecular formula is C13H20N2O2S. The Morgan fingerprint density at radius 1 is 1.39 bits per heavy atom. The molecule has 1 rings (SSSR count). The zero-order valence-electron chi connectivity index (χ0n) is 11.1. The second-order valence-electron chi connectivity index (χ2n) is 4.48. The third kappa shape index (κ3) is 4.14. The number of hydrogen-bond acceptors (Lipinski definition) is 3. The summed E-state index contributed by atoms with van der Waals surface area (Å²) in [4.78, 5) is 13.6. The van der Waals surface area contributed by atoms with E-state index in [-0.39, 0.29) is 5.91 Å². The number of amides is 1. The summed E-state index contributed by atoms with van der Waals surface area (Å²) in [6.07, 6.45) is 1.03. The number of benzene rings is 1. The summed E-state index contributed by atoms with van der Waals surface area (Å²) in [5, 5.41) is 0. The summed E-state index contributed by atoms with van der Waals surface area (Å²) in [5.74, 6) is 0.525. The first-order valence-electron chi connectivity index (χ1n) is 5.86. The van der Waals surface area contributed by atoms with E-state index in [1.54, 1.807) is 25.1 Å². The Kier molecular flexibility index (Phi) is 5.34. The van der Waals surface area contributed by atoms with E-state index in [0.29, 0.717) is 29.2 Å². The van der Waals surface area contributed by atoms with Crippen molar-refractivity contribution in [1.29, 1.82) is 0 Å². The normalized spacial score (nSPS) is 12.2. The number of carbonyl (C=O) groups excluding carboxylic acids is 1. The highest BCUT2D eigenvalue weighted by Crippen LogP contribution is 2.18. The maximum atomic E-state index is 12.1. The number of carbonyl (C=O) groups is 1. The van der Waals surface area contributed by atoms with Gasteiger partial charge >= 0.3 is 0 Å². The van der Waals surface area contributed by atoms with Gasteiger partial charge in [0.1, 0.15) is 0 Å². The van der Waals surface area contributed by atoms with Crippen LogP contribution in [0.25, 0.3) is 0 Å². The molecule has 0 aliphatic carbocycles. The Labute approximate surface area is 111 Å². The van der Waals surface area contributed by atoms with Crippen LogP contribution in [0, 0.1) is 6.92 Å². The van der Waals surface area contributed by atoms with Gasteiger partial charge in [0.2, 0.25) is 5.91 Å². The number of nitrogen functional groups attached to an aromatic ring is 1. The molecule has 0 radical (unpaired) electrons. The van der Waals surface area contributed by atoms with Gasteiger partial charge in [0, 0.05) is 32.0 Å². The molecule has 0 spiro atoms. The Balaban J connectivity index is 2.56. The van der Waals surface area contributed by atoms with E-state index in [0.717, 1.165) is 5.56 Å². The van der Waals surface area contributed by atoms with E-state index >= 15 is 0 Å². The van der Waals surface area contributed by atoms with Crippen molar-refractivity contribution in [3.8, 4) is 0 Å². The lowest BCUT2D eigenvalue weighted by molar-refractivity contribution is -0.128. The fourth-order valence-electron chi connectivity index (χ4n) is 1.53. The fraction of sp³-hybridized carbons (Fsp3) is 0.462. The van der Waals surface area contributed by atoms with Crippen LogP contribution < -0.4 is 5.73 Å². The number of nitrogens with two attached hydrogens (primary N) is 1. The Morgan fingerprint density at radius 3 is 2.67 bits per heavy atom. The van der Waals surface area contributed by atoms with Crippen LogP contribution >= 0.6 is 0 Å². The zero-order chi connectivity index (χ0) is 13.7. The molecular weight excluding hydrogens is 248 g/mol. The smallest absolute Gasteiger partial charge is 0.222 e. The molecule has 1 amide bonds. The standard InChI is InChI=1S/C13H20N2O2S/c1-10-6-7-11(14)12(9-10)18(17)8-4-5-13(16)15(2)3/h6-7,9H,4-5,8,14H2,1-3H3. The minimum absolute atomic E-state index is 0.0595. The third-order valence-corrected chi connectivity index (χ3v) is 4.14. The maximum absolute atomic E-state index is 12.1. The van der Waals surface area contributed by atoms with E-state index in [1.807, 2.05) is 19.1 Å². The topological polar surface area (TPSA) is 63.4 Å². The van der Waals surface area contributed by atoms with E-state index in [1.165, 1.54) is 0 Å². The van der Waals surface area contributed by atoms with Crippen molar-refractivity contribution >= 4 is 22.4 Å². The first-order chi connectivity index (χ1) is 8.41. The number of nitrogens with zero attached hydrogens (tertiary/aromatic N) is 1. The molecule has 0 fully saturated rings. The largest absolute Gasteiger partial charge is 0.398 e. The molecule has 100 valence electrons. The Bertz CT molecular complexity index is 458. The monoisotopic (exact) mass is 268 g/mol. The summed E-state index contributed by atoms with van der Waals surface area (Å²) in [6, 6.07) is 5.51. The van der Waals surface area contributed by atoms with Gasteiger partial charge in [-0.25, -0.2) is 0 Å². The molecule has 2 N–H and O–H groups in total. The van der Waals surface area contributed by atoms with Crippen LogP contribution in [-0.2, 0) is 15.6 Å². The molecule has 1 atom stereocenters. The van der Waals surface area contributed by atoms with Crippen LogP contribution in [0.2, 0.25) is 0 Å². The molecule has 0 heterocycles. The highest BCUT2D eigenvalue weighted by atomic mass is 32.2. The third-order valence-electron chi connectivity index (χ3n) is 2.63. The van der Waals surface area contributed by atoms with Crippen molar-refractivity contribution in [1.82, 2.24) is 4.90 Å². The first kappa shape index (κ1) is 14.7. The second kappa shape index (κ2) is 6.54. The summed E-state index contributed by atoms with van der Waals surface area (Å²) in [6.45, 7) is 1.94. The van der Waals surface area contributed by atoms with Crippen molar-refractivity contribution in [2.24, 2.45) is 0 Å². The molecule has 0 aromatic heterocycles. The van der Waals surface area contributed by atoms with Crippen LogP contribution in [0.4, 0.5) is 5.69 Å². The van der Waals surface area contributed by atoms with Gasteiger partial charge in [0.05, 0.1) is 15.7 Å². The van der Waals surface area contributed by atoms with Crippen LogP contribution in [0.1, 0.15) is 18.4 Å².